The normalized spacial score (nSPS) is 19.4. The number of halogens is 2. The zero-order valence-electron chi connectivity index (χ0n) is 12.0. The lowest BCUT2D eigenvalue weighted by Crippen LogP contribution is -2.37. The average Bonchev–Trinajstić information content (AvgIpc) is 2.51. The summed E-state index contributed by atoms with van der Waals surface area (Å²) < 4.78 is 1.11. The van der Waals surface area contributed by atoms with Gasteiger partial charge >= 0.3 is 0 Å². The van der Waals surface area contributed by atoms with Crippen molar-refractivity contribution in [3.8, 4) is 0 Å². The van der Waals surface area contributed by atoms with Crippen LogP contribution in [0.1, 0.15) is 18.4 Å². The molecule has 0 radical (unpaired) electrons. The summed E-state index contributed by atoms with van der Waals surface area (Å²) in [5.74, 6) is 0.651. The van der Waals surface area contributed by atoms with Crippen LogP contribution in [0.5, 0.6) is 0 Å². The van der Waals surface area contributed by atoms with Gasteiger partial charge in [-0.05, 0) is 49.5 Å². The Hall–Kier alpha value is -0.680. The number of fused-ring (bicyclic) bond motifs is 1. The molecule has 2 heterocycles. The fourth-order valence-corrected chi connectivity index (χ4v) is 3.50. The van der Waals surface area contributed by atoms with Crippen LogP contribution in [0.4, 0.5) is 0 Å². The van der Waals surface area contributed by atoms with E-state index in [0.29, 0.717) is 5.92 Å². The van der Waals surface area contributed by atoms with Crippen LogP contribution in [0.2, 0.25) is 0 Å². The van der Waals surface area contributed by atoms with E-state index in [4.69, 9.17) is 5.73 Å². The molecule has 0 spiro atoms. The Morgan fingerprint density at radius 1 is 1.33 bits per heavy atom. The second kappa shape index (κ2) is 7.54. The van der Waals surface area contributed by atoms with E-state index in [1.165, 1.54) is 30.3 Å². The smallest absolute Gasteiger partial charge is 0.0758 e. The Morgan fingerprint density at radius 2 is 2.19 bits per heavy atom. The van der Waals surface area contributed by atoms with Crippen molar-refractivity contribution in [1.82, 2.24) is 9.88 Å². The molecule has 1 aliphatic rings. The first-order valence-corrected chi connectivity index (χ1v) is 8.02. The number of hydrogen-bond donors (Lipinski definition) is 1. The van der Waals surface area contributed by atoms with Crippen LogP contribution >= 0.6 is 28.3 Å². The third-order valence-corrected chi connectivity index (χ3v) is 4.82. The fourth-order valence-electron chi connectivity index (χ4n) is 3.05. The largest absolute Gasteiger partial charge is 0.330 e. The van der Waals surface area contributed by atoms with Crippen LogP contribution in [-0.2, 0) is 6.54 Å². The zero-order valence-corrected chi connectivity index (χ0v) is 14.4. The average molecular weight is 371 g/mol. The molecule has 1 fully saturated rings. The van der Waals surface area contributed by atoms with Gasteiger partial charge in [-0.3, -0.25) is 9.88 Å². The Bertz CT molecular complexity index is 605. The summed E-state index contributed by atoms with van der Waals surface area (Å²) >= 11 is 3.61. The van der Waals surface area contributed by atoms with E-state index in [1.807, 2.05) is 12.3 Å². The topological polar surface area (TPSA) is 42.1 Å². The molecule has 1 atom stereocenters. The molecule has 21 heavy (non-hydrogen) atoms. The van der Waals surface area contributed by atoms with Gasteiger partial charge in [0.15, 0.2) is 0 Å². The van der Waals surface area contributed by atoms with Crippen LogP contribution in [0.15, 0.2) is 34.9 Å². The molecule has 0 amide bonds. The molecule has 1 aromatic carbocycles. The number of pyridine rings is 1. The summed E-state index contributed by atoms with van der Waals surface area (Å²) in [4.78, 5) is 7.08. The molecule has 0 bridgehead atoms. The van der Waals surface area contributed by atoms with Gasteiger partial charge in [0.2, 0.25) is 0 Å². The first-order chi connectivity index (χ1) is 9.78. The minimum atomic E-state index is 0. The predicted molar refractivity (Wildman–Crippen MR) is 93.7 cm³/mol. The molecule has 1 saturated heterocycles. The zero-order chi connectivity index (χ0) is 13.9. The molecular weight excluding hydrogens is 350 g/mol. The Balaban J connectivity index is 0.00000161. The van der Waals surface area contributed by atoms with Crippen molar-refractivity contribution in [1.29, 1.82) is 0 Å². The van der Waals surface area contributed by atoms with Crippen molar-refractivity contribution in [2.24, 2.45) is 11.7 Å². The second-order valence-electron chi connectivity index (χ2n) is 5.59. The van der Waals surface area contributed by atoms with Gasteiger partial charge in [-0.15, -0.1) is 12.4 Å². The summed E-state index contributed by atoms with van der Waals surface area (Å²) in [6, 6.07) is 8.42. The maximum absolute atomic E-state index is 5.82. The first-order valence-electron chi connectivity index (χ1n) is 7.22. The van der Waals surface area contributed by atoms with Crippen molar-refractivity contribution in [3.63, 3.8) is 0 Å². The lowest BCUT2D eigenvalue weighted by atomic mass is 9.97. The Kier molecular flexibility index (Phi) is 5.99. The van der Waals surface area contributed by atoms with Crippen molar-refractivity contribution >= 4 is 39.2 Å². The summed E-state index contributed by atoms with van der Waals surface area (Å²) in [5, 5.41) is 1.19. The van der Waals surface area contributed by atoms with Gasteiger partial charge in [0.1, 0.15) is 0 Å². The molecule has 0 aliphatic carbocycles. The van der Waals surface area contributed by atoms with Gasteiger partial charge in [0.05, 0.1) is 5.52 Å². The van der Waals surface area contributed by atoms with Crippen LogP contribution in [0.3, 0.4) is 0 Å². The molecule has 5 heteroatoms. The van der Waals surface area contributed by atoms with E-state index < -0.39 is 0 Å². The quantitative estimate of drug-likeness (QED) is 0.898. The minimum Gasteiger partial charge on any atom is -0.330 e. The summed E-state index contributed by atoms with van der Waals surface area (Å²) in [6.07, 6.45) is 4.40. The number of benzene rings is 1. The number of likely N-dealkylation sites (tertiary alicyclic amines) is 1. The molecule has 0 saturated carbocycles. The Morgan fingerprint density at radius 3 is 3.00 bits per heavy atom. The molecule has 114 valence electrons. The predicted octanol–water partition coefficient (Wildman–Crippen LogP) is 3.59. The lowest BCUT2D eigenvalue weighted by molar-refractivity contribution is 0.171. The molecule has 1 aromatic heterocycles. The summed E-state index contributed by atoms with van der Waals surface area (Å²) in [7, 11) is 0. The van der Waals surface area contributed by atoms with E-state index in [0.717, 1.165) is 29.6 Å². The molecule has 2 aromatic rings. The number of nitrogens with two attached hydrogens (primary N) is 1. The van der Waals surface area contributed by atoms with Gasteiger partial charge in [-0.2, -0.15) is 0 Å². The monoisotopic (exact) mass is 369 g/mol. The number of piperidine rings is 1. The minimum absolute atomic E-state index is 0. The SMILES string of the molecule is Cl.NCC1CCCN(Cc2ccc(Br)c3cccnc23)C1. The third-order valence-electron chi connectivity index (χ3n) is 4.13. The number of hydrogen-bond acceptors (Lipinski definition) is 3. The highest BCUT2D eigenvalue weighted by Crippen LogP contribution is 2.27. The highest BCUT2D eigenvalue weighted by Gasteiger charge is 2.19. The van der Waals surface area contributed by atoms with Crippen molar-refractivity contribution < 1.29 is 0 Å². The van der Waals surface area contributed by atoms with Gasteiger partial charge in [0.25, 0.3) is 0 Å². The lowest BCUT2D eigenvalue weighted by Gasteiger charge is -2.32. The molecule has 3 nitrogen and oxygen atoms in total. The summed E-state index contributed by atoms with van der Waals surface area (Å²) in [6.45, 7) is 4.05. The number of aromatic nitrogens is 1. The summed E-state index contributed by atoms with van der Waals surface area (Å²) in [5.41, 5.74) is 8.24. The third kappa shape index (κ3) is 3.75. The Labute approximate surface area is 140 Å². The highest BCUT2D eigenvalue weighted by molar-refractivity contribution is 9.10. The fraction of sp³-hybridized carbons (Fsp3) is 0.438. The van der Waals surface area contributed by atoms with E-state index in [9.17, 15) is 0 Å². The maximum Gasteiger partial charge on any atom is 0.0758 e. The first kappa shape index (κ1) is 16.7. The van der Waals surface area contributed by atoms with Crippen molar-refractivity contribution in [2.45, 2.75) is 19.4 Å². The van der Waals surface area contributed by atoms with Crippen LogP contribution in [0, 0.1) is 5.92 Å². The van der Waals surface area contributed by atoms with Crippen molar-refractivity contribution in [2.75, 3.05) is 19.6 Å². The van der Waals surface area contributed by atoms with Gasteiger partial charge in [0, 0.05) is 29.1 Å². The van der Waals surface area contributed by atoms with Crippen LogP contribution in [0.25, 0.3) is 10.9 Å². The standard InChI is InChI=1S/C16H20BrN3.ClH/c17-15-6-5-13(16-14(15)4-1-7-19-16)11-20-8-2-3-12(9-18)10-20;/h1,4-7,12H,2-3,8-11,18H2;1H. The van der Waals surface area contributed by atoms with E-state index in [2.05, 4.69) is 44.0 Å². The van der Waals surface area contributed by atoms with Crippen LogP contribution in [-0.4, -0.2) is 29.5 Å². The van der Waals surface area contributed by atoms with Gasteiger partial charge in [-0.25, -0.2) is 0 Å². The maximum atomic E-state index is 5.82. The second-order valence-corrected chi connectivity index (χ2v) is 6.44. The molecule has 1 unspecified atom stereocenters. The van der Waals surface area contributed by atoms with E-state index in [1.54, 1.807) is 0 Å². The molecule has 2 N–H and O–H groups in total. The van der Waals surface area contributed by atoms with Crippen LogP contribution < -0.4 is 5.73 Å². The van der Waals surface area contributed by atoms with E-state index in [-0.39, 0.29) is 12.4 Å². The van der Waals surface area contributed by atoms with Gasteiger partial charge < -0.3 is 5.73 Å². The van der Waals surface area contributed by atoms with Crippen molar-refractivity contribution in [3.05, 3.63) is 40.5 Å². The molecular formula is C16H21BrClN3. The van der Waals surface area contributed by atoms with E-state index >= 15 is 0 Å². The highest BCUT2D eigenvalue weighted by atomic mass is 79.9. The van der Waals surface area contributed by atoms with Gasteiger partial charge in [-0.1, -0.05) is 28.1 Å². The number of nitrogens with zero attached hydrogens (tertiary/aromatic N) is 2. The molecule has 3 rings (SSSR count). The number of rotatable bonds is 3. The molecule has 1 aliphatic heterocycles.